The zero-order valence-corrected chi connectivity index (χ0v) is 14.2. The van der Waals surface area contributed by atoms with E-state index in [2.05, 4.69) is 17.6 Å². The Balaban J connectivity index is 1.79. The van der Waals surface area contributed by atoms with Gasteiger partial charge in [-0.15, -0.1) is 0 Å². The summed E-state index contributed by atoms with van der Waals surface area (Å²) in [5.41, 5.74) is 1.53. The Kier molecular flexibility index (Phi) is 6.56. The van der Waals surface area contributed by atoms with Crippen LogP contribution < -0.4 is 15.4 Å². The van der Waals surface area contributed by atoms with Gasteiger partial charge in [-0.25, -0.2) is 4.79 Å². The van der Waals surface area contributed by atoms with Gasteiger partial charge in [0.25, 0.3) is 0 Å². The Hall–Kier alpha value is -1.91. The largest absolute Gasteiger partial charge is 0.491 e. The molecule has 0 aliphatic carbocycles. The molecule has 2 aromatic carbocycles. The number of nitrogens with one attached hydrogen (secondary N) is 2. The molecule has 0 aliphatic heterocycles. The van der Waals surface area contributed by atoms with Crippen LogP contribution in [0.25, 0.3) is 0 Å². The van der Waals surface area contributed by atoms with E-state index in [1.807, 2.05) is 24.3 Å². The lowest BCUT2D eigenvalue weighted by Gasteiger charge is -2.12. The highest BCUT2D eigenvalue weighted by Crippen LogP contribution is 2.29. The second kappa shape index (κ2) is 8.65. The minimum atomic E-state index is -0.382. The fourth-order valence-corrected chi connectivity index (χ4v) is 2.53. The van der Waals surface area contributed by atoms with Crippen LogP contribution in [-0.2, 0) is 6.42 Å². The average Bonchev–Trinajstić information content (AvgIpc) is 2.55. The molecule has 2 N–H and O–H groups in total. The fourth-order valence-electron chi connectivity index (χ4n) is 2.04. The standard InChI is InChI=1S/C17H18Cl2N2O2/c1-2-12-6-3-4-9-15(12)23-11-10-20-17(22)21-16-13(18)7-5-8-14(16)19/h3-9H,2,10-11H2,1H3,(H2,20,21,22). The van der Waals surface area contributed by atoms with E-state index in [1.54, 1.807) is 18.2 Å². The van der Waals surface area contributed by atoms with E-state index in [0.717, 1.165) is 17.7 Å². The van der Waals surface area contributed by atoms with Gasteiger partial charge in [-0.05, 0) is 30.2 Å². The summed E-state index contributed by atoms with van der Waals surface area (Å²) < 4.78 is 5.68. The Morgan fingerprint density at radius 2 is 1.78 bits per heavy atom. The first kappa shape index (κ1) is 17.4. The van der Waals surface area contributed by atoms with Crippen molar-refractivity contribution in [1.82, 2.24) is 5.32 Å². The Labute approximate surface area is 145 Å². The average molecular weight is 353 g/mol. The smallest absolute Gasteiger partial charge is 0.319 e. The van der Waals surface area contributed by atoms with Crippen molar-refractivity contribution < 1.29 is 9.53 Å². The number of amides is 2. The number of anilines is 1. The van der Waals surface area contributed by atoms with E-state index in [9.17, 15) is 4.79 Å². The molecular formula is C17H18Cl2N2O2. The monoisotopic (exact) mass is 352 g/mol. The molecular weight excluding hydrogens is 335 g/mol. The second-order valence-electron chi connectivity index (χ2n) is 4.79. The third-order valence-corrected chi connectivity index (χ3v) is 3.83. The lowest BCUT2D eigenvalue weighted by molar-refractivity contribution is 0.247. The molecule has 0 atom stereocenters. The number of urea groups is 1. The van der Waals surface area contributed by atoms with E-state index in [0.29, 0.717) is 28.9 Å². The summed E-state index contributed by atoms with van der Waals surface area (Å²) >= 11 is 12.0. The van der Waals surface area contributed by atoms with Crippen LogP contribution in [0, 0.1) is 0 Å². The highest BCUT2D eigenvalue weighted by Gasteiger charge is 2.09. The van der Waals surface area contributed by atoms with Crippen LogP contribution in [0.15, 0.2) is 42.5 Å². The molecule has 0 heterocycles. The molecule has 2 rings (SSSR count). The maximum Gasteiger partial charge on any atom is 0.319 e. The van der Waals surface area contributed by atoms with Gasteiger partial charge in [-0.1, -0.05) is 54.4 Å². The Morgan fingerprint density at radius 1 is 1.09 bits per heavy atom. The molecule has 0 unspecified atom stereocenters. The van der Waals surface area contributed by atoms with Crippen molar-refractivity contribution >= 4 is 34.9 Å². The van der Waals surface area contributed by atoms with Gasteiger partial charge in [0.15, 0.2) is 0 Å². The number of halogens is 2. The molecule has 0 saturated carbocycles. The predicted octanol–water partition coefficient (Wildman–Crippen LogP) is 4.76. The molecule has 0 fully saturated rings. The first-order valence-electron chi connectivity index (χ1n) is 7.31. The molecule has 0 bridgehead atoms. The minimum Gasteiger partial charge on any atom is -0.491 e. The Morgan fingerprint density at radius 3 is 2.48 bits per heavy atom. The topological polar surface area (TPSA) is 50.4 Å². The quantitative estimate of drug-likeness (QED) is 0.736. The molecule has 0 aromatic heterocycles. The maximum atomic E-state index is 11.9. The summed E-state index contributed by atoms with van der Waals surface area (Å²) in [5, 5.41) is 6.11. The number of hydrogen-bond acceptors (Lipinski definition) is 2. The Bertz CT molecular complexity index is 657. The number of ether oxygens (including phenoxy) is 1. The van der Waals surface area contributed by atoms with Crippen LogP contribution in [0.5, 0.6) is 5.75 Å². The SMILES string of the molecule is CCc1ccccc1OCCNC(=O)Nc1c(Cl)cccc1Cl. The summed E-state index contributed by atoms with van der Waals surface area (Å²) in [6, 6.07) is 12.5. The van der Waals surface area contributed by atoms with Crippen molar-refractivity contribution in [3.63, 3.8) is 0 Å². The van der Waals surface area contributed by atoms with Gasteiger partial charge in [0.1, 0.15) is 12.4 Å². The number of rotatable bonds is 6. The molecule has 6 heteroatoms. The van der Waals surface area contributed by atoms with Crippen molar-refractivity contribution in [3.8, 4) is 5.75 Å². The lowest BCUT2D eigenvalue weighted by Crippen LogP contribution is -2.32. The van der Waals surface area contributed by atoms with Crippen LogP contribution in [-0.4, -0.2) is 19.2 Å². The molecule has 2 aromatic rings. The number of benzene rings is 2. The van der Waals surface area contributed by atoms with Gasteiger partial charge >= 0.3 is 6.03 Å². The van der Waals surface area contributed by atoms with Gasteiger partial charge in [0.2, 0.25) is 0 Å². The first-order valence-corrected chi connectivity index (χ1v) is 8.07. The molecule has 122 valence electrons. The predicted molar refractivity (Wildman–Crippen MR) is 94.8 cm³/mol. The van der Waals surface area contributed by atoms with Crippen molar-refractivity contribution in [2.24, 2.45) is 0 Å². The third kappa shape index (κ3) is 5.05. The lowest BCUT2D eigenvalue weighted by atomic mass is 10.1. The molecule has 0 radical (unpaired) electrons. The van der Waals surface area contributed by atoms with Crippen LogP contribution in [0.3, 0.4) is 0 Å². The highest BCUT2D eigenvalue weighted by atomic mass is 35.5. The van der Waals surface area contributed by atoms with Gasteiger partial charge in [-0.3, -0.25) is 0 Å². The van der Waals surface area contributed by atoms with Crippen molar-refractivity contribution in [2.75, 3.05) is 18.5 Å². The fraction of sp³-hybridized carbons (Fsp3) is 0.235. The number of carbonyl (C=O) groups excluding carboxylic acids is 1. The number of para-hydroxylation sites is 2. The van der Waals surface area contributed by atoms with Gasteiger partial charge < -0.3 is 15.4 Å². The van der Waals surface area contributed by atoms with Crippen LogP contribution >= 0.6 is 23.2 Å². The van der Waals surface area contributed by atoms with E-state index in [-0.39, 0.29) is 6.03 Å². The van der Waals surface area contributed by atoms with Crippen molar-refractivity contribution in [3.05, 3.63) is 58.1 Å². The van der Waals surface area contributed by atoms with Crippen molar-refractivity contribution in [1.29, 1.82) is 0 Å². The van der Waals surface area contributed by atoms with E-state index < -0.39 is 0 Å². The number of carbonyl (C=O) groups is 1. The first-order chi connectivity index (χ1) is 11.1. The number of hydrogen-bond donors (Lipinski definition) is 2. The molecule has 0 aliphatic rings. The van der Waals surface area contributed by atoms with E-state index in [1.165, 1.54) is 0 Å². The summed E-state index contributed by atoms with van der Waals surface area (Å²) in [6.45, 7) is 2.81. The highest BCUT2D eigenvalue weighted by molar-refractivity contribution is 6.39. The van der Waals surface area contributed by atoms with Crippen LogP contribution in [0.4, 0.5) is 10.5 Å². The number of aryl methyl sites for hydroxylation is 1. The van der Waals surface area contributed by atoms with E-state index >= 15 is 0 Å². The van der Waals surface area contributed by atoms with Gasteiger partial charge in [0.05, 0.1) is 22.3 Å². The zero-order valence-electron chi connectivity index (χ0n) is 12.7. The summed E-state index contributed by atoms with van der Waals surface area (Å²) in [6.07, 6.45) is 0.898. The summed E-state index contributed by atoms with van der Waals surface area (Å²) in [7, 11) is 0. The van der Waals surface area contributed by atoms with Gasteiger partial charge in [-0.2, -0.15) is 0 Å². The van der Waals surface area contributed by atoms with Gasteiger partial charge in [0, 0.05) is 0 Å². The molecule has 0 saturated heterocycles. The van der Waals surface area contributed by atoms with Crippen molar-refractivity contribution in [2.45, 2.75) is 13.3 Å². The zero-order chi connectivity index (χ0) is 16.7. The second-order valence-corrected chi connectivity index (χ2v) is 5.60. The minimum absolute atomic E-state index is 0.367. The van der Waals surface area contributed by atoms with Crippen LogP contribution in [0.2, 0.25) is 10.0 Å². The molecule has 4 nitrogen and oxygen atoms in total. The summed E-state index contributed by atoms with van der Waals surface area (Å²) in [4.78, 5) is 11.9. The maximum absolute atomic E-state index is 11.9. The van der Waals surface area contributed by atoms with Crippen LogP contribution in [0.1, 0.15) is 12.5 Å². The van der Waals surface area contributed by atoms with E-state index in [4.69, 9.17) is 27.9 Å². The third-order valence-electron chi connectivity index (χ3n) is 3.20. The summed E-state index contributed by atoms with van der Waals surface area (Å²) in [5.74, 6) is 0.839. The normalized spacial score (nSPS) is 10.2. The molecule has 0 spiro atoms. The molecule has 23 heavy (non-hydrogen) atoms. The molecule has 2 amide bonds.